The van der Waals surface area contributed by atoms with Gasteiger partial charge in [-0.25, -0.2) is 0 Å². The van der Waals surface area contributed by atoms with Crippen LogP contribution in [0.2, 0.25) is 0 Å². The number of hydrogen-bond donors (Lipinski definition) is 1. The van der Waals surface area contributed by atoms with E-state index in [0.717, 1.165) is 18.6 Å². The molecule has 2 unspecified atom stereocenters. The van der Waals surface area contributed by atoms with Crippen molar-refractivity contribution >= 4 is 5.71 Å². The van der Waals surface area contributed by atoms with Crippen LogP contribution < -0.4 is 0 Å². The maximum Gasteiger partial charge on any atom is 0.0151 e. The molecular formula is C15H31N. The summed E-state index contributed by atoms with van der Waals surface area (Å²) < 4.78 is 0. The molecule has 0 aliphatic carbocycles. The van der Waals surface area contributed by atoms with Gasteiger partial charge in [0.25, 0.3) is 0 Å². The second-order valence-electron chi connectivity index (χ2n) is 4.95. The minimum atomic E-state index is 0.557. The molecule has 0 fully saturated rings. The summed E-state index contributed by atoms with van der Waals surface area (Å²) >= 11 is 0. The molecule has 0 spiro atoms. The van der Waals surface area contributed by atoms with Crippen molar-refractivity contribution in [3.05, 3.63) is 0 Å². The Labute approximate surface area is 103 Å². The van der Waals surface area contributed by atoms with Crippen LogP contribution in [-0.4, -0.2) is 5.71 Å². The highest BCUT2D eigenvalue weighted by atomic mass is 14.5. The standard InChI is InChI=1S/C15H31N/c1-5-9-11-13(7-3)15(16)14(8-4)12-10-6-2/h13-14,16H,5-12H2,1-4H3. The first kappa shape index (κ1) is 15.7. The molecule has 0 amide bonds. The molecule has 96 valence electrons. The Morgan fingerprint density at radius 2 is 1.19 bits per heavy atom. The van der Waals surface area contributed by atoms with Gasteiger partial charge in [-0.2, -0.15) is 0 Å². The second kappa shape index (κ2) is 9.86. The van der Waals surface area contributed by atoms with Crippen LogP contribution >= 0.6 is 0 Å². The lowest BCUT2D eigenvalue weighted by molar-refractivity contribution is 0.496. The van der Waals surface area contributed by atoms with E-state index >= 15 is 0 Å². The van der Waals surface area contributed by atoms with Gasteiger partial charge >= 0.3 is 0 Å². The van der Waals surface area contributed by atoms with E-state index in [1.54, 1.807) is 0 Å². The van der Waals surface area contributed by atoms with Crippen LogP contribution in [0.3, 0.4) is 0 Å². The molecular weight excluding hydrogens is 194 g/mol. The molecule has 0 heterocycles. The van der Waals surface area contributed by atoms with Crippen LogP contribution in [0.4, 0.5) is 0 Å². The van der Waals surface area contributed by atoms with Crippen LogP contribution in [0.25, 0.3) is 0 Å². The van der Waals surface area contributed by atoms with Crippen LogP contribution in [0.1, 0.15) is 79.1 Å². The molecule has 0 aromatic carbocycles. The van der Waals surface area contributed by atoms with Crippen LogP contribution in [-0.2, 0) is 0 Å². The zero-order valence-corrected chi connectivity index (χ0v) is 11.8. The maximum atomic E-state index is 8.36. The van der Waals surface area contributed by atoms with E-state index in [4.69, 9.17) is 5.41 Å². The number of rotatable bonds is 10. The molecule has 1 heteroatoms. The smallest absolute Gasteiger partial charge is 0.0151 e. The predicted octanol–water partition coefficient (Wildman–Crippen LogP) is 5.44. The Hall–Kier alpha value is -0.330. The van der Waals surface area contributed by atoms with Crippen molar-refractivity contribution < 1.29 is 0 Å². The summed E-state index contributed by atoms with van der Waals surface area (Å²) in [4.78, 5) is 0. The summed E-state index contributed by atoms with van der Waals surface area (Å²) in [5, 5.41) is 8.36. The van der Waals surface area contributed by atoms with E-state index in [9.17, 15) is 0 Å². The van der Waals surface area contributed by atoms with E-state index in [0.29, 0.717) is 11.8 Å². The van der Waals surface area contributed by atoms with Crippen molar-refractivity contribution in [2.45, 2.75) is 79.1 Å². The van der Waals surface area contributed by atoms with E-state index in [-0.39, 0.29) is 0 Å². The normalized spacial score (nSPS) is 14.8. The zero-order chi connectivity index (χ0) is 12.4. The van der Waals surface area contributed by atoms with Gasteiger partial charge in [0.15, 0.2) is 0 Å². The molecule has 0 aromatic rings. The average Bonchev–Trinajstić information content (AvgIpc) is 2.31. The first-order chi connectivity index (χ1) is 7.71. The first-order valence-corrected chi connectivity index (χ1v) is 7.29. The highest BCUT2D eigenvalue weighted by Crippen LogP contribution is 2.23. The largest absolute Gasteiger partial charge is 0.309 e. The minimum Gasteiger partial charge on any atom is -0.309 e. The molecule has 0 rings (SSSR count). The van der Waals surface area contributed by atoms with Gasteiger partial charge in [-0.05, 0) is 37.5 Å². The monoisotopic (exact) mass is 225 g/mol. The van der Waals surface area contributed by atoms with Crippen LogP contribution in [0, 0.1) is 17.2 Å². The van der Waals surface area contributed by atoms with E-state index in [2.05, 4.69) is 27.7 Å². The summed E-state index contributed by atoms with van der Waals surface area (Å²) in [5.41, 5.74) is 1.05. The molecule has 1 nitrogen and oxygen atoms in total. The van der Waals surface area contributed by atoms with Gasteiger partial charge < -0.3 is 5.41 Å². The molecule has 0 saturated heterocycles. The fraction of sp³-hybridized carbons (Fsp3) is 0.933. The molecule has 0 bridgehead atoms. The van der Waals surface area contributed by atoms with Gasteiger partial charge in [0.2, 0.25) is 0 Å². The SMILES string of the molecule is CCCCC(CC)C(=N)C(CC)CCCC. The lowest BCUT2D eigenvalue weighted by Gasteiger charge is -2.23. The third-order valence-electron chi connectivity index (χ3n) is 3.68. The predicted molar refractivity (Wildman–Crippen MR) is 74.3 cm³/mol. The van der Waals surface area contributed by atoms with Crippen molar-refractivity contribution in [3.8, 4) is 0 Å². The summed E-state index contributed by atoms with van der Waals surface area (Å²) in [6, 6.07) is 0. The first-order valence-electron chi connectivity index (χ1n) is 7.29. The third-order valence-corrected chi connectivity index (χ3v) is 3.68. The zero-order valence-electron chi connectivity index (χ0n) is 11.8. The Kier molecular flexibility index (Phi) is 9.66. The topological polar surface area (TPSA) is 23.9 Å². The molecule has 16 heavy (non-hydrogen) atoms. The van der Waals surface area contributed by atoms with Crippen LogP contribution in [0.5, 0.6) is 0 Å². The van der Waals surface area contributed by atoms with Gasteiger partial charge in [-0.15, -0.1) is 0 Å². The lowest BCUT2D eigenvalue weighted by atomic mass is 9.83. The fourth-order valence-corrected chi connectivity index (χ4v) is 2.39. The van der Waals surface area contributed by atoms with Crippen molar-refractivity contribution in [1.82, 2.24) is 0 Å². The molecule has 0 radical (unpaired) electrons. The fourth-order valence-electron chi connectivity index (χ4n) is 2.39. The Balaban J connectivity index is 4.20. The van der Waals surface area contributed by atoms with Gasteiger partial charge in [0.05, 0.1) is 0 Å². The quantitative estimate of drug-likeness (QED) is 0.479. The van der Waals surface area contributed by atoms with Gasteiger partial charge in [-0.3, -0.25) is 0 Å². The number of nitrogens with one attached hydrogen (secondary N) is 1. The minimum absolute atomic E-state index is 0.557. The van der Waals surface area contributed by atoms with Crippen molar-refractivity contribution in [2.75, 3.05) is 0 Å². The van der Waals surface area contributed by atoms with E-state index < -0.39 is 0 Å². The molecule has 2 atom stereocenters. The third kappa shape index (κ3) is 5.67. The lowest BCUT2D eigenvalue weighted by Crippen LogP contribution is -2.22. The number of unbranched alkanes of at least 4 members (excludes halogenated alkanes) is 2. The summed E-state index contributed by atoms with van der Waals surface area (Å²) in [5.74, 6) is 1.11. The second-order valence-corrected chi connectivity index (χ2v) is 4.95. The molecule has 0 aliphatic rings. The van der Waals surface area contributed by atoms with Gasteiger partial charge in [0.1, 0.15) is 0 Å². The summed E-state index contributed by atoms with van der Waals surface area (Å²) in [6.45, 7) is 8.96. The van der Waals surface area contributed by atoms with Crippen molar-refractivity contribution in [3.63, 3.8) is 0 Å². The number of hydrogen-bond acceptors (Lipinski definition) is 1. The summed E-state index contributed by atoms with van der Waals surface area (Å²) in [6.07, 6.45) is 9.85. The highest BCUT2D eigenvalue weighted by molar-refractivity contribution is 5.86. The molecule has 1 N–H and O–H groups in total. The summed E-state index contributed by atoms with van der Waals surface area (Å²) in [7, 11) is 0. The molecule has 0 aromatic heterocycles. The van der Waals surface area contributed by atoms with Crippen molar-refractivity contribution in [2.24, 2.45) is 11.8 Å². The Morgan fingerprint density at radius 3 is 1.44 bits per heavy atom. The molecule has 0 aliphatic heterocycles. The van der Waals surface area contributed by atoms with E-state index in [1.807, 2.05) is 0 Å². The maximum absolute atomic E-state index is 8.36. The molecule has 0 saturated carbocycles. The highest BCUT2D eigenvalue weighted by Gasteiger charge is 2.19. The van der Waals surface area contributed by atoms with Crippen molar-refractivity contribution in [1.29, 1.82) is 5.41 Å². The van der Waals surface area contributed by atoms with E-state index in [1.165, 1.54) is 38.5 Å². The Bertz CT molecular complexity index is 156. The van der Waals surface area contributed by atoms with Gasteiger partial charge in [0, 0.05) is 5.71 Å². The average molecular weight is 225 g/mol. The van der Waals surface area contributed by atoms with Crippen LogP contribution in [0.15, 0.2) is 0 Å². The Morgan fingerprint density at radius 1 is 0.812 bits per heavy atom. The van der Waals surface area contributed by atoms with Gasteiger partial charge in [-0.1, -0.05) is 53.4 Å².